The average Bonchev–Trinajstić information content (AvgIpc) is 3.11. The maximum Gasteiger partial charge on any atom is 0.262 e. The largest absolute Gasteiger partial charge is 0.482 e. The summed E-state index contributed by atoms with van der Waals surface area (Å²) >= 11 is 7.79. The summed E-state index contributed by atoms with van der Waals surface area (Å²) in [6, 6.07) is 5.77. The molecular weight excluding hydrogens is 432 g/mol. The van der Waals surface area contributed by atoms with Crippen molar-refractivity contribution in [2.75, 3.05) is 17.3 Å². The molecule has 2 N–H and O–H groups in total. The highest BCUT2D eigenvalue weighted by molar-refractivity contribution is 7.22. The van der Waals surface area contributed by atoms with Crippen molar-refractivity contribution in [3.8, 4) is 5.75 Å². The number of halogens is 1. The molecule has 2 aromatic carbocycles. The van der Waals surface area contributed by atoms with Gasteiger partial charge in [-0.05, 0) is 75.4 Å². The second kappa shape index (κ2) is 9.66. The van der Waals surface area contributed by atoms with Crippen LogP contribution in [-0.4, -0.2) is 23.2 Å². The molecule has 0 spiro atoms. The van der Waals surface area contributed by atoms with Crippen LogP contribution in [0.1, 0.15) is 42.5 Å². The number of rotatable bonds is 7. The minimum Gasteiger partial charge on any atom is -0.482 e. The highest BCUT2D eigenvalue weighted by atomic mass is 35.5. The van der Waals surface area contributed by atoms with Gasteiger partial charge >= 0.3 is 0 Å². The summed E-state index contributed by atoms with van der Waals surface area (Å²) in [6.45, 7) is 11.7. The highest BCUT2D eigenvalue weighted by Crippen LogP contribution is 2.35. The molecule has 3 aromatic rings. The van der Waals surface area contributed by atoms with E-state index in [0.717, 1.165) is 55.4 Å². The topological polar surface area (TPSA) is 75.6 Å². The van der Waals surface area contributed by atoms with Crippen LogP contribution in [0.3, 0.4) is 0 Å². The standard InChI is InChI=1S/C23H27ClN4O2S/c1-7-15(5)27-28-23-25-18-10-13(3)20(16(6)22(18)31-23)26-19(29)11-30-21-14(4)8-12(2)9-17(21)24/h8-10H,7,11H2,1-6H3,(H,25,28)(H,26,29)/b27-15+. The number of ether oxygens (including phenoxy) is 1. The van der Waals surface area contributed by atoms with Crippen LogP contribution in [0.4, 0.5) is 10.8 Å². The van der Waals surface area contributed by atoms with E-state index >= 15 is 0 Å². The Morgan fingerprint density at radius 2 is 1.94 bits per heavy atom. The molecule has 1 amide bonds. The molecule has 0 bridgehead atoms. The van der Waals surface area contributed by atoms with Crippen LogP contribution >= 0.6 is 22.9 Å². The summed E-state index contributed by atoms with van der Waals surface area (Å²) in [5, 5.41) is 8.53. The number of carbonyl (C=O) groups excluding carboxylic acids is 1. The molecule has 6 nitrogen and oxygen atoms in total. The molecule has 1 heterocycles. The Kier molecular flexibility index (Phi) is 7.18. The van der Waals surface area contributed by atoms with E-state index in [-0.39, 0.29) is 12.5 Å². The van der Waals surface area contributed by atoms with Crippen molar-refractivity contribution >= 4 is 55.6 Å². The molecule has 0 aliphatic carbocycles. The van der Waals surface area contributed by atoms with Crippen molar-refractivity contribution < 1.29 is 9.53 Å². The molecule has 0 fully saturated rings. The van der Waals surface area contributed by atoms with Gasteiger partial charge in [0.25, 0.3) is 5.91 Å². The fraction of sp³-hybridized carbons (Fsp3) is 0.348. The predicted octanol–water partition coefficient (Wildman–Crippen LogP) is 6.40. The zero-order chi connectivity index (χ0) is 22.7. The number of hydrogen-bond acceptors (Lipinski definition) is 6. The van der Waals surface area contributed by atoms with Crippen LogP contribution in [0, 0.1) is 27.7 Å². The molecule has 0 unspecified atom stereocenters. The van der Waals surface area contributed by atoms with Crippen LogP contribution < -0.4 is 15.5 Å². The quantitative estimate of drug-likeness (QED) is 0.317. The van der Waals surface area contributed by atoms with Gasteiger partial charge in [-0.15, -0.1) is 0 Å². The summed E-state index contributed by atoms with van der Waals surface area (Å²) in [7, 11) is 0. The third-order valence-electron chi connectivity index (χ3n) is 4.96. The van der Waals surface area contributed by atoms with Gasteiger partial charge < -0.3 is 10.1 Å². The summed E-state index contributed by atoms with van der Waals surface area (Å²) in [6.07, 6.45) is 0.877. The lowest BCUT2D eigenvalue weighted by Gasteiger charge is -2.14. The van der Waals surface area contributed by atoms with Gasteiger partial charge in [-0.25, -0.2) is 4.98 Å². The Morgan fingerprint density at radius 1 is 1.19 bits per heavy atom. The van der Waals surface area contributed by atoms with Gasteiger partial charge in [-0.2, -0.15) is 5.10 Å². The number of anilines is 2. The van der Waals surface area contributed by atoms with E-state index in [1.165, 1.54) is 11.3 Å². The van der Waals surface area contributed by atoms with Crippen molar-refractivity contribution in [1.82, 2.24) is 4.98 Å². The zero-order valence-corrected chi connectivity index (χ0v) is 20.2. The van der Waals surface area contributed by atoms with E-state index in [1.807, 2.05) is 52.8 Å². The molecule has 0 atom stereocenters. The van der Waals surface area contributed by atoms with Crippen LogP contribution in [0.5, 0.6) is 5.75 Å². The number of nitrogens with zero attached hydrogens (tertiary/aromatic N) is 2. The van der Waals surface area contributed by atoms with Crippen molar-refractivity contribution in [1.29, 1.82) is 0 Å². The van der Waals surface area contributed by atoms with E-state index in [4.69, 9.17) is 16.3 Å². The van der Waals surface area contributed by atoms with Crippen molar-refractivity contribution in [3.05, 3.63) is 45.5 Å². The normalized spacial score (nSPS) is 11.6. The van der Waals surface area contributed by atoms with Crippen LogP contribution in [-0.2, 0) is 4.79 Å². The number of thiazole rings is 1. The summed E-state index contributed by atoms with van der Waals surface area (Å²) in [5.74, 6) is 0.292. The lowest BCUT2D eigenvalue weighted by Crippen LogP contribution is -2.21. The maximum absolute atomic E-state index is 12.6. The highest BCUT2D eigenvalue weighted by Gasteiger charge is 2.16. The number of aryl methyl sites for hydroxylation is 4. The summed E-state index contributed by atoms with van der Waals surface area (Å²) in [4.78, 5) is 17.2. The average molecular weight is 459 g/mol. The number of hydrazone groups is 1. The Morgan fingerprint density at radius 3 is 2.61 bits per heavy atom. The lowest BCUT2D eigenvalue weighted by atomic mass is 10.1. The van der Waals surface area contributed by atoms with E-state index in [2.05, 4.69) is 27.8 Å². The minimum atomic E-state index is -0.243. The fourth-order valence-electron chi connectivity index (χ4n) is 3.25. The van der Waals surface area contributed by atoms with E-state index in [1.54, 1.807) is 0 Å². The van der Waals surface area contributed by atoms with Crippen molar-refractivity contribution in [2.24, 2.45) is 5.10 Å². The molecule has 0 radical (unpaired) electrons. The van der Waals surface area contributed by atoms with Gasteiger partial charge in [-0.3, -0.25) is 10.2 Å². The maximum atomic E-state index is 12.6. The minimum absolute atomic E-state index is 0.124. The number of nitrogens with one attached hydrogen (secondary N) is 2. The first-order valence-corrected chi connectivity index (χ1v) is 11.3. The Hall–Kier alpha value is -2.64. The summed E-state index contributed by atoms with van der Waals surface area (Å²) in [5.41, 5.74) is 9.53. The summed E-state index contributed by atoms with van der Waals surface area (Å²) < 4.78 is 6.72. The number of benzene rings is 2. The van der Waals surface area contributed by atoms with Gasteiger partial charge in [0.15, 0.2) is 6.61 Å². The molecule has 3 rings (SSSR count). The molecule has 0 aliphatic heterocycles. The van der Waals surface area contributed by atoms with Crippen LogP contribution in [0.25, 0.3) is 10.2 Å². The molecule has 0 saturated carbocycles. The SMILES string of the molecule is CC/C(C)=N/Nc1nc2cc(C)c(NC(=O)COc3c(C)cc(C)cc3Cl)c(C)c2s1. The molecule has 31 heavy (non-hydrogen) atoms. The second-order valence-corrected chi connectivity index (χ2v) is 9.01. The van der Waals surface area contributed by atoms with Gasteiger partial charge in [0.2, 0.25) is 5.13 Å². The first-order chi connectivity index (χ1) is 14.7. The number of amides is 1. The predicted molar refractivity (Wildman–Crippen MR) is 131 cm³/mol. The fourth-order valence-corrected chi connectivity index (χ4v) is 4.51. The second-order valence-electron chi connectivity index (χ2n) is 7.60. The van der Waals surface area contributed by atoms with Crippen LogP contribution in [0.15, 0.2) is 23.3 Å². The molecule has 164 valence electrons. The van der Waals surface area contributed by atoms with E-state index < -0.39 is 0 Å². The Labute approximate surface area is 191 Å². The number of aromatic nitrogens is 1. The smallest absolute Gasteiger partial charge is 0.262 e. The number of hydrogen-bond donors (Lipinski definition) is 2. The molecule has 0 saturated heterocycles. The van der Waals surface area contributed by atoms with Crippen molar-refractivity contribution in [2.45, 2.75) is 48.0 Å². The molecule has 8 heteroatoms. The van der Waals surface area contributed by atoms with Crippen LogP contribution in [0.2, 0.25) is 5.02 Å². The number of fused-ring (bicyclic) bond motifs is 1. The van der Waals surface area contributed by atoms with E-state index in [0.29, 0.717) is 10.8 Å². The van der Waals surface area contributed by atoms with Gasteiger partial charge in [0.1, 0.15) is 5.75 Å². The first kappa shape index (κ1) is 23.0. The Bertz CT molecular complexity index is 1150. The van der Waals surface area contributed by atoms with Gasteiger partial charge in [-0.1, -0.05) is 35.9 Å². The third kappa shape index (κ3) is 5.35. The molecular formula is C23H27ClN4O2S. The zero-order valence-electron chi connectivity index (χ0n) is 18.6. The van der Waals surface area contributed by atoms with Crippen molar-refractivity contribution in [3.63, 3.8) is 0 Å². The van der Waals surface area contributed by atoms with Gasteiger partial charge in [0, 0.05) is 11.4 Å². The molecule has 1 aromatic heterocycles. The monoisotopic (exact) mass is 458 g/mol. The molecule has 0 aliphatic rings. The van der Waals surface area contributed by atoms with Gasteiger partial charge in [0.05, 0.1) is 15.2 Å². The first-order valence-electron chi connectivity index (χ1n) is 10.1. The Balaban J connectivity index is 1.77. The number of carbonyl (C=O) groups is 1. The third-order valence-corrected chi connectivity index (χ3v) is 6.33. The lowest BCUT2D eigenvalue weighted by molar-refractivity contribution is -0.118. The van der Waals surface area contributed by atoms with E-state index in [9.17, 15) is 4.79 Å².